The van der Waals surface area contributed by atoms with E-state index in [0.29, 0.717) is 0 Å². The van der Waals surface area contributed by atoms with E-state index in [1.165, 1.54) is 16.3 Å². The molecule has 0 spiro atoms. The Morgan fingerprint density at radius 3 is 2.14 bits per heavy atom. The van der Waals surface area contributed by atoms with Crippen LogP contribution in [0.1, 0.15) is 5.56 Å². The summed E-state index contributed by atoms with van der Waals surface area (Å²) in [7, 11) is 0. The maximum absolute atomic E-state index is 2.20. The molecule has 0 saturated carbocycles. The summed E-state index contributed by atoms with van der Waals surface area (Å²) in [5.41, 5.74) is 1.35. The second-order valence-corrected chi connectivity index (χ2v) is 2.66. The standard InChI is InChI=1S/C10H9.3FH.Hf/c1-8-6-9-4-2-3-5-10(9)7-8;;;;/h2-7H,1H3;3*1H;/q-1;;;;+4/p-3. The molecule has 4 heteroatoms. The maximum atomic E-state index is 2.20. The summed E-state index contributed by atoms with van der Waals surface area (Å²) in [4.78, 5) is 0. The zero-order chi connectivity index (χ0) is 6.97. The zero-order valence-corrected chi connectivity index (χ0v) is 11.2. The van der Waals surface area contributed by atoms with Gasteiger partial charge in [0.1, 0.15) is 0 Å². The van der Waals surface area contributed by atoms with Crippen LogP contribution in [0.3, 0.4) is 0 Å². The van der Waals surface area contributed by atoms with E-state index in [9.17, 15) is 0 Å². The van der Waals surface area contributed by atoms with Crippen LogP contribution in [-0.4, -0.2) is 0 Å². The van der Waals surface area contributed by atoms with Crippen molar-refractivity contribution >= 4 is 10.8 Å². The molecule has 0 aliphatic heterocycles. The van der Waals surface area contributed by atoms with Crippen LogP contribution >= 0.6 is 0 Å². The average molecular weight is 365 g/mol. The SMILES string of the molecule is Cc1cc2ccccc2[cH-]1.[F-].[F-].[F-].[Hf+4]. The van der Waals surface area contributed by atoms with E-state index >= 15 is 0 Å². The first-order valence-electron chi connectivity index (χ1n) is 3.48. The molecule has 0 heterocycles. The third kappa shape index (κ3) is 3.70. The Hall–Kier alpha value is -0.510. The Labute approximate surface area is 99.6 Å². The fourth-order valence-corrected chi connectivity index (χ4v) is 1.31. The van der Waals surface area contributed by atoms with Gasteiger partial charge in [-0.25, -0.2) is 0 Å². The number of aryl methyl sites for hydroxylation is 1. The minimum atomic E-state index is 0. The van der Waals surface area contributed by atoms with Crippen LogP contribution in [0.15, 0.2) is 36.4 Å². The van der Waals surface area contributed by atoms with E-state index in [1.54, 1.807) is 0 Å². The maximum Gasteiger partial charge on any atom is 4.00 e. The molecule has 0 fully saturated rings. The summed E-state index contributed by atoms with van der Waals surface area (Å²) >= 11 is 0. The largest absolute Gasteiger partial charge is 4.00 e. The molecule has 0 unspecified atom stereocenters. The Morgan fingerprint density at radius 1 is 1.00 bits per heavy atom. The molecule has 14 heavy (non-hydrogen) atoms. The van der Waals surface area contributed by atoms with Crippen LogP contribution in [0, 0.1) is 6.92 Å². The van der Waals surface area contributed by atoms with Crippen molar-refractivity contribution in [3.63, 3.8) is 0 Å². The number of rotatable bonds is 0. The van der Waals surface area contributed by atoms with Gasteiger partial charge in [0.2, 0.25) is 0 Å². The molecule has 0 amide bonds. The first-order chi connectivity index (χ1) is 4.86. The Kier molecular flexibility index (Phi) is 10.7. The Morgan fingerprint density at radius 2 is 1.57 bits per heavy atom. The van der Waals surface area contributed by atoms with Crippen molar-refractivity contribution < 1.29 is 40.0 Å². The third-order valence-electron chi connectivity index (χ3n) is 1.76. The fraction of sp³-hybridized carbons (Fsp3) is 0.100. The molecule has 0 aromatic heterocycles. The monoisotopic (exact) mass is 366 g/mol. The first kappa shape index (κ1) is 19.1. The van der Waals surface area contributed by atoms with Gasteiger partial charge >= 0.3 is 25.8 Å². The van der Waals surface area contributed by atoms with Crippen LogP contribution in [0.4, 0.5) is 0 Å². The zero-order valence-electron chi connectivity index (χ0n) is 7.60. The van der Waals surface area contributed by atoms with Crippen molar-refractivity contribution in [3.8, 4) is 0 Å². The Balaban J connectivity index is -0.000000302. The quantitative estimate of drug-likeness (QED) is 0.322. The van der Waals surface area contributed by atoms with Crippen molar-refractivity contribution in [2.75, 3.05) is 0 Å². The molecule has 74 valence electrons. The normalized spacial score (nSPS) is 7.50. The predicted molar refractivity (Wildman–Crippen MR) is 44.3 cm³/mol. The van der Waals surface area contributed by atoms with E-state index < -0.39 is 0 Å². The predicted octanol–water partition coefficient (Wildman–Crippen LogP) is -6.12. The third-order valence-corrected chi connectivity index (χ3v) is 1.76. The summed E-state index contributed by atoms with van der Waals surface area (Å²) in [5.74, 6) is 0. The molecule has 0 aliphatic rings. The summed E-state index contributed by atoms with van der Waals surface area (Å²) in [5, 5.41) is 2.69. The number of hydrogen-bond acceptors (Lipinski definition) is 0. The van der Waals surface area contributed by atoms with Crippen LogP contribution in [0.25, 0.3) is 10.8 Å². The second-order valence-electron chi connectivity index (χ2n) is 2.66. The van der Waals surface area contributed by atoms with Gasteiger partial charge in [0.25, 0.3) is 0 Å². The van der Waals surface area contributed by atoms with Gasteiger partial charge in [-0.2, -0.15) is 6.07 Å². The Bertz CT molecular complexity index is 324. The van der Waals surface area contributed by atoms with Gasteiger partial charge in [-0.15, -0.1) is 40.6 Å². The van der Waals surface area contributed by atoms with Crippen LogP contribution < -0.4 is 14.1 Å². The molecule has 0 N–H and O–H groups in total. The minimum absolute atomic E-state index is 0. The van der Waals surface area contributed by atoms with Gasteiger partial charge in [0, 0.05) is 0 Å². The number of fused-ring (bicyclic) bond motifs is 1. The van der Waals surface area contributed by atoms with Crippen molar-refractivity contribution in [1.82, 2.24) is 0 Å². The summed E-state index contributed by atoms with van der Waals surface area (Å²) < 4.78 is 0. The van der Waals surface area contributed by atoms with Crippen molar-refractivity contribution in [3.05, 3.63) is 42.0 Å². The molecule has 0 bridgehead atoms. The molecule has 0 aliphatic carbocycles. The molecule has 0 saturated heterocycles. The van der Waals surface area contributed by atoms with Gasteiger partial charge in [-0.05, 0) is 0 Å². The van der Waals surface area contributed by atoms with Gasteiger partial charge in [-0.1, -0.05) is 13.0 Å². The van der Waals surface area contributed by atoms with E-state index in [1.807, 2.05) is 0 Å². The van der Waals surface area contributed by atoms with E-state index in [2.05, 4.69) is 43.3 Å². The topological polar surface area (TPSA) is 0 Å². The average Bonchev–Trinajstić information content (AvgIpc) is 2.27. The smallest absolute Gasteiger partial charge is 1.00 e. The molecule has 0 radical (unpaired) electrons. The number of halogens is 3. The fourth-order valence-electron chi connectivity index (χ4n) is 1.31. The van der Waals surface area contributed by atoms with Crippen molar-refractivity contribution in [2.45, 2.75) is 6.92 Å². The van der Waals surface area contributed by atoms with Gasteiger partial charge in [0.05, 0.1) is 0 Å². The minimum Gasteiger partial charge on any atom is -1.00 e. The molecule has 0 nitrogen and oxygen atoms in total. The van der Waals surface area contributed by atoms with Crippen LogP contribution in [0.5, 0.6) is 0 Å². The van der Waals surface area contributed by atoms with Crippen LogP contribution in [-0.2, 0) is 25.8 Å². The van der Waals surface area contributed by atoms with Crippen molar-refractivity contribution in [2.24, 2.45) is 0 Å². The van der Waals surface area contributed by atoms with Gasteiger partial charge in [-0.3, -0.25) is 0 Å². The molecule has 2 aromatic rings. The van der Waals surface area contributed by atoms with E-state index in [4.69, 9.17) is 0 Å². The van der Waals surface area contributed by atoms with E-state index in [0.717, 1.165) is 0 Å². The molecule has 2 rings (SSSR count). The van der Waals surface area contributed by atoms with Gasteiger partial charge in [0.15, 0.2) is 0 Å². The molecular formula is C10H9F3Hf. The number of benzene rings is 1. The molecular weight excluding hydrogens is 356 g/mol. The number of hydrogen-bond donors (Lipinski definition) is 0. The summed E-state index contributed by atoms with van der Waals surface area (Å²) in [6.07, 6.45) is 0. The molecule has 2 aromatic carbocycles. The van der Waals surface area contributed by atoms with Crippen LogP contribution in [0.2, 0.25) is 0 Å². The van der Waals surface area contributed by atoms with Gasteiger partial charge < -0.3 is 14.1 Å². The summed E-state index contributed by atoms with van der Waals surface area (Å²) in [6.45, 7) is 2.12. The van der Waals surface area contributed by atoms with Crippen molar-refractivity contribution in [1.29, 1.82) is 0 Å². The first-order valence-corrected chi connectivity index (χ1v) is 3.48. The van der Waals surface area contributed by atoms with E-state index in [-0.39, 0.29) is 40.0 Å². The summed E-state index contributed by atoms with van der Waals surface area (Å²) in [6, 6.07) is 12.8. The molecule has 0 atom stereocenters. The second kappa shape index (κ2) is 7.85.